The van der Waals surface area contributed by atoms with Crippen LogP contribution in [-0.4, -0.2) is 6.29 Å². The second-order valence-electron chi connectivity index (χ2n) is 3.82. The first kappa shape index (κ1) is 6.38. The van der Waals surface area contributed by atoms with E-state index >= 15 is 0 Å². The molecule has 3 atom stereocenters. The van der Waals surface area contributed by atoms with Crippen molar-refractivity contribution in [3.05, 3.63) is 0 Å². The molecule has 0 saturated heterocycles. The minimum absolute atomic E-state index is 0.426. The molecular formula is C9H14O. The molecule has 2 aliphatic rings. The van der Waals surface area contributed by atoms with E-state index in [4.69, 9.17) is 0 Å². The first-order chi connectivity index (χ1) is 4.90. The molecule has 10 heavy (non-hydrogen) atoms. The highest BCUT2D eigenvalue weighted by Crippen LogP contribution is 2.45. The summed E-state index contributed by atoms with van der Waals surface area (Å²) >= 11 is 0. The maximum atomic E-state index is 10.4. The smallest absolute Gasteiger partial charge is 0.123 e. The number of hydrogen-bond donors (Lipinski definition) is 0. The van der Waals surface area contributed by atoms with E-state index in [1.54, 1.807) is 0 Å². The summed E-state index contributed by atoms with van der Waals surface area (Å²) in [5.41, 5.74) is 0. The van der Waals surface area contributed by atoms with Crippen LogP contribution < -0.4 is 0 Å². The molecule has 0 heterocycles. The Labute approximate surface area is 61.8 Å². The molecule has 2 fully saturated rings. The lowest BCUT2D eigenvalue weighted by atomic mass is 10.0. The van der Waals surface area contributed by atoms with Crippen LogP contribution in [0.1, 0.15) is 32.1 Å². The van der Waals surface area contributed by atoms with E-state index in [0.29, 0.717) is 5.92 Å². The lowest BCUT2D eigenvalue weighted by Gasteiger charge is -2.04. The molecule has 0 bridgehead atoms. The second-order valence-corrected chi connectivity index (χ2v) is 3.82. The van der Waals surface area contributed by atoms with Crippen LogP contribution >= 0.6 is 0 Å². The largest absolute Gasteiger partial charge is 0.303 e. The van der Waals surface area contributed by atoms with E-state index in [0.717, 1.165) is 11.8 Å². The Hall–Kier alpha value is -0.330. The van der Waals surface area contributed by atoms with Gasteiger partial charge in [-0.25, -0.2) is 0 Å². The predicted molar refractivity (Wildman–Crippen MR) is 39.6 cm³/mol. The molecule has 0 aliphatic heterocycles. The van der Waals surface area contributed by atoms with E-state index in [-0.39, 0.29) is 0 Å². The first-order valence-corrected chi connectivity index (χ1v) is 4.35. The second kappa shape index (κ2) is 2.37. The number of hydrogen-bond acceptors (Lipinski definition) is 1. The first-order valence-electron chi connectivity index (χ1n) is 4.35. The van der Waals surface area contributed by atoms with Gasteiger partial charge >= 0.3 is 0 Å². The Bertz CT molecular complexity index is 130. The minimum atomic E-state index is 0.426. The van der Waals surface area contributed by atoms with Crippen LogP contribution in [0.2, 0.25) is 0 Å². The number of fused-ring (bicyclic) bond motifs is 1. The van der Waals surface area contributed by atoms with Crippen molar-refractivity contribution in [2.75, 3.05) is 0 Å². The molecule has 0 aromatic carbocycles. The number of rotatable bonds is 1. The SMILES string of the molecule is O=CC1C[C@H]2CCC[C@H]2C1. The highest BCUT2D eigenvalue weighted by atomic mass is 16.1. The summed E-state index contributed by atoms with van der Waals surface area (Å²) in [6.07, 6.45) is 7.78. The van der Waals surface area contributed by atoms with Gasteiger partial charge in [0.25, 0.3) is 0 Å². The summed E-state index contributed by atoms with van der Waals surface area (Å²) < 4.78 is 0. The van der Waals surface area contributed by atoms with E-state index < -0.39 is 0 Å². The lowest BCUT2D eigenvalue weighted by Crippen LogP contribution is -1.95. The molecular weight excluding hydrogens is 124 g/mol. The maximum absolute atomic E-state index is 10.4. The minimum Gasteiger partial charge on any atom is -0.303 e. The average molecular weight is 138 g/mol. The Morgan fingerprint density at radius 2 is 1.70 bits per heavy atom. The molecule has 2 rings (SSSR count). The summed E-state index contributed by atoms with van der Waals surface area (Å²) in [4.78, 5) is 10.4. The zero-order valence-corrected chi connectivity index (χ0v) is 6.25. The highest BCUT2D eigenvalue weighted by molar-refractivity contribution is 5.54. The Morgan fingerprint density at radius 3 is 2.20 bits per heavy atom. The van der Waals surface area contributed by atoms with Gasteiger partial charge in [0.05, 0.1) is 0 Å². The molecule has 1 unspecified atom stereocenters. The van der Waals surface area contributed by atoms with Crippen molar-refractivity contribution in [1.29, 1.82) is 0 Å². The zero-order valence-electron chi connectivity index (χ0n) is 6.25. The Morgan fingerprint density at radius 1 is 1.10 bits per heavy atom. The summed E-state index contributed by atoms with van der Waals surface area (Å²) in [6.45, 7) is 0. The standard InChI is InChI=1S/C9H14O/c10-6-7-4-8-2-1-3-9(8)5-7/h6-9H,1-5H2/t7?,8-,9+. The van der Waals surface area contributed by atoms with E-state index in [1.165, 1.54) is 38.4 Å². The number of carbonyl (C=O) groups is 1. The summed E-state index contributed by atoms with van der Waals surface area (Å²) in [6, 6.07) is 0. The molecule has 1 nitrogen and oxygen atoms in total. The van der Waals surface area contributed by atoms with Gasteiger partial charge in [-0.15, -0.1) is 0 Å². The average Bonchev–Trinajstić information content (AvgIpc) is 2.42. The van der Waals surface area contributed by atoms with Crippen LogP contribution in [0.25, 0.3) is 0 Å². The van der Waals surface area contributed by atoms with Crippen LogP contribution in [0, 0.1) is 17.8 Å². The van der Waals surface area contributed by atoms with Crippen LogP contribution in [0.4, 0.5) is 0 Å². The maximum Gasteiger partial charge on any atom is 0.123 e. The van der Waals surface area contributed by atoms with Crippen molar-refractivity contribution >= 4 is 6.29 Å². The third-order valence-electron chi connectivity index (χ3n) is 3.22. The van der Waals surface area contributed by atoms with Gasteiger partial charge in [0, 0.05) is 5.92 Å². The monoisotopic (exact) mass is 138 g/mol. The van der Waals surface area contributed by atoms with Gasteiger partial charge in [-0.1, -0.05) is 19.3 Å². The lowest BCUT2D eigenvalue weighted by molar-refractivity contribution is -0.111. The van der Waals surface area contributed by atoms with Crippen molar-refractivity contribution < 1.29 is 4.79 Å². The van der Waals surface area contributed by atoms with Crippen molar-refractivity contribution in [3.63, 3.8) is 0 Å². The van der Waals surface area contributed by atoms with Gasteiger partial charge in [-0.05, 0) is 24.7 Å². The van der Waals surface area contributed by atoms with E-state index in [9.17, 15) is 4.79 Å². The molecule has 0 radical (unpaired) electrons. The molecule has 0 N–H and O–H groups in total. The van der Waals surface area contributed by atoms with Crippen LogP contribution in [-0.2, 0) is 4.79 Å². The van der Waals surface area contributed by atoms with Gasteiger partial charge in [-0.2, -0.15) is 0 Å². The van der Waals surface area contributed by atoms with Crippen molar-refractivity contribution in [2.45, 2.75) is 32.1 Å². The van der Waals surface area contributed by atoms with Crippen molar-refractivity contribution in [3.8, 4) is 0 Å². The van der Waals surface area contributed by atoms with Crippen molar-refractivity contribution in [1.82, 2.24) is 0 Å². The molecule has 2 aliphatic carbocycles. The molecule has 0 aromatic rings. The van der Waals surface area contributed by atoms with Crippen LogP contribution in [0.5, 0.6) is 0 Å². The highest BCUT2D eigenvalue weighted by Gasteiger charge is 2.36. The van der Waals surface area contributed by atoms with Gasteiger partial charge in [0.2, 0.25) is 0 Å². The van der Waals surface area contributed by atoms with E-state index in [1.807, 2.05) is 0 Å². The molecule has 56 valence electrons. The quantitative estimate of drug-likeness (QED) is 0.506. The van der Waals surface area contributed by atoms with Gasteiger partial charge < -0.3 is 4.79 Å². The number of carbonyl (C=O) groups excluding carboxylic acids is 1. The summed E-state index contributed by atoms with van der Waals surface area (Å²) in [7, 11) is 0. The van der Waals surface area contributed by atoms with Crippen molar-refractivity contribution in [2.24, 2.45) is 17.8 Å². The normalized spacial score (nSPS) is 45.4. The molecule has 0 aromatic heterocycles. The van der Waals surface area contributed by atoms with Gasteiger partial charge in [-0.3, -0.25) is 0 Å². The topological polar surface area (TPSA) is 17.1 Å². The molecule has 1 heteroatoms. The Kier molecular flexibility index (Phi) is 1.51. The zero-order chi connectivity index (χ0) is 6.97. The molecule has 0 spiro atoms. The predicted octanol–water partition coefficient (Wildman–Crippen LogP) is 2.01. The third kappa shape index (κ3) is 0.882. The molecule has 0 amide bonds. The fourth-order valence-corrected chi connectivity index (χ4v) is 2.72. The fraction of sp³-hybridized carbons (Fsp3) is 0.889. The van der Waals surface area contributed by atoms with Crippen LogP contribution in [0.15, 0.2) is 0 Å². The third-order valence-corrected chi connectivity index (χ3v) is 3.22. The summed E-state index contributed by atoms with van der Waals surface area (Å²) in [5.74, 6) is 2.28. The van der Waals surface area contributed by atoms with Gasteiger partial charge in [0.15, 0.2) is 0 Å². The molecule has 2 saturated carbocycles. The van der Waals surface area contributed by atoms with Crippen LogP contribution in [0.3, 0.4) is 0 Å². The number of aldehydes is 1. The van der Waals surface area contributed by atoms with E-state index in [2.05, 4.69) is 0 Å². The summed E-state index contributed by atoms with van der Waals surface area (Å²) in [5, 5.41) is 0. The fourth-order valence-electron chi connectivity index (χ4n) is 2.72. The van der Waals surface area contributed by atoms with Gasteiger partial charge in [0.1, 0.15) is 6.29 Å². The Balaban J connectivity index is 1.99.